The second-order valence-corrected chi connectivity index (χ2v) is 5.63. The summed E-state index contributed by atoms with van der Waals surface area (Å²) in [4.78, 5) is 14.8. The SMILES string of the molecule is O=C(O)c1cccc(C#Cc2ccc3cc[nH]c3c2)c1-n1cccc1. The minimum atomic E-state index is -0.972. The first-order valence-electron chi connectivity index (χ1n) is 7.81. The molecule has 25 heavy (non-hydrogen) atoms. The van der Waals surface area contributed by atoms with E-state index in [9.17, 15) is 9.90 Å². The monoisotopic (exact) mass is 326 g/mol. The number of aromatic nitrogens is 2. The average Bonchev–Trinajstić information content (AvgIpc) is 3.30. The molecule has 4 aromatic rings. The number of rotatable bonds is 2. The minimum Gasteiger partial charge on any atom is -0.478 e. The predicted octanol–water partition coefficient (Wildman–Crippen LogP) is 4.06. The van der Waals surface area contributed by atoms with Crippen molar-refractivity contribution in [2.75, 3.05) is 0 Å². The fourth-order valence-corrected chi connectivity index (χ4v) is 2.84. The molecular formula is C21H14N2O2. The molecule has 0 spiro atoms. The maximum atomic E-state index is 11.6. The van der Waals surface area contributed by atoms with Crippen molar-refractivity contribution in [2.24, 2.45) is 0 Å². The normalized spacial score (nSPS) is 10.4. The van der Waals surface area contributed by atoms with Gasteiger partial charge in [0, 0.05) is 35.2 Å². The van der Waals surface area contributed by atoms with Crippen LogP contribution >= 0.6 is 0 Å². The van der Waals surface area contributed by atoms with E-state index in [0.29, 0.717) is 11.3 Å². The molecule has 0 atom stereocenters. The Kier molecular flexibility index (Phi) is 3.60. The van der Waals surface area contributed by atoms with Crippen molar-refractivity contribution < 1.29 is 9.90 Å². The smallest absolute Gasteiger partial charge is 0.337 e. The lowest BCUT2D eigenvalue weighted by Gasteiger charge is -2.10. The number of carboxylic acid groups (broad SMARTS) is 1. The first-order valence-corrected chi connectivity index (χ1v) is 7.81. The number of benzene rings is 2. The van der Waals surface area contributed by atoms with Crippen LogP contribution in [0, 0.1) is 11.8 Å². The predicted molar refractivity (Wildman–Crippen MR) is 97.0 cm³/mol. The van der Waals surface area contributed by atoms with E-state index in [-0.39, 0.29) is 5.56 Å². The summed E-state index contributed by atoms with van der Waals surface area (Å²) in [5.41, 5.74) is 3.37. The van der Waals surface area contributed by atoms with Crippen LogP contribution in [0.2, 0.25) is 0 Å². The molecule has 0 aliphatic rings. The Bertz CT molecular complexity index is 1130. The van der Waals surface area contributed by atoms with E-state index in [1.165, 1.54) is 0 Å². The molecule has 0 bridgehead atoms. The molecule has 0 amide bonds. The van der Waals surface area contributed by atoms with Crippen LogP contribution in [0.4, 0.5) is 0 Å². The van der Waals surface area contributed by atoms with E-state index in [0.717, 1.165) is 16.5 Å². The maximum absolute atomic E-state index is 11.6. The van der Waals surface area contributed by atoms with Crippen molar-refractivity contribution in [1.29, 1.82) is 0 Å². The van der Waals surface area contributed by atoms with Crippen LogP contribution in [0.3, 0.4) is 0 Å². The number of hydrogen-bond acceptors (Lipinski definition) is 1. The molecule has 0 aliphatic heterocycles. The van der Waals surface area contributed by atoms with E-state index >= 15 is 0 Å². The lowest BCUT2D eigenvalue weighted by molar-refractivity contribution is 0.0697. The zero-order chi connectivity index (χ0) is 17.2. The van der Waals surface area contributed by atoms with Crippen molar-refractivity contribution in [3.63, 3.8) is 0 Å². The summed E-state index contributed by atoms with van der Waals surface area (Å²) in [6, 6.07) is 16.8. The van der Waals surface area contributed by atoms with Crippen LogP contribution in [0.5, 0.6) is 0 Å². The van der Waals surface area contributed by atoms with Gasteiger partial charge in [-0.25, -0.2) is 4.79 Å². The van der Waals surface area contributed by atoms with Crippen LogP contribution < -0.4 is 0 Å². The number of fused-ring (bicyclic) bond motifs is 1. The van der Waals surface area contributed by atoms with Crippen LogP contribution in [-0.2, 0) is 0 Å². The van der Waals surface area contributed by atoms with Gasteiger partial charge < -0.3 is 14.7 Å². The third kappa shape index (κ3) is 2.79. The lowest BCUT2D eigenvalue weighted by Crippen LogP contribution is -2.06. The third-order valence-electron chi connectivity index (χ3n) is 4.03. The Balaban J connectivity index is 1.83. The van der Waals surface area contributed by atoms with Gasteiger partial charge in [-0.15, -0.1) is 0 Å². The number of nitrogens with one attached hydrogen (secondary N) is 1. The summed E-state index contributed by atoms with van der Waals surface area (Å²) in [5.74, 6) is 5.28. The Morgan fingerprint density at radius 3 is 2.64 bits per heavy atom. The van der Waals surface area contributed by atoms with Gasteiger partial charge in [0.15, 0.2) is 0 Å². The molecule has 0 unspecified atom stereocenters. The molecule has 4 nitrogen and oxygen atoms in total. The summed E-state index contributed by atoms with van der Waals surface area (Å²) in [5, 5.41) is 10.6. The number of aromatic amines is 1. The van der Waals surface area contributed by atoms with Gasteiger partial charge in [0.25, 0.3) is 0 Å². The molecule has 2 heterocycles. The number of para-hydroxylation sites is 1. The van der Waals surface area contributed by atoms with Gasteiger partial charge in [0.1, 0.15) is 0 Å². The largest absolute Gasteiger partial charge is 0.478 e. The van der Waals surface area contributed by atoms with Gasteiger partial charge in [-0.2, -0.15) is 0 Å². The van der Waals surface area contributed by atoms with Crippen LogP contribution in [-0.4, -0.2) is 20.6 Å². The fourth-order valence-electron chi connectivity index (χ4n) is 2.84. The average molecular weight is 326 g/mol. The van der Waals surface area contributed by atoms with Gasteiger partial charge >= 0.3 is 5.97 Å². The number of hydrogen-bond donors (Lipinski definition) is 2. The summed E-state index contributed by atoms with van der Waals surface area (Å²) in [7, 11) is 0. The molecule has 0 aliphatic carbocycles. The van der Waals surface area contributed by atoms with E-state index in [1.807, 2.05) is 61.1 Å². The summed E-state index contributed by atoms with van der Waals surface area (Å²) >= 11 is 0. The van der Waals surface area contributed by atoms with E-state index in [1.54, 1.807) is 16.7 Å². The molecule has 0 radical (unpaired) electrons. The highest BCUT2D eigenvalue weighted by Crippen LogP contribution is 2.20. The second-order valence-electron chi connectivity index (χ2n) is 5.63. The highest BCUT2D eigenvalue weighted by Gasteiger charge is 2.14. The number of aromatic carboxylic acids is 1. The molecule has 0 saturated heterocycles. The fraction of sp³-hybridized carbons (Fsp3) is 0. The molecule has 4 heteroatoms. The highest BCUT2D eigenvalue weighted by molar-refractivity contribution is 5.93. The summed E-state index contributed by atoms with van der Waals surface area (Å²) in [6.07, 6.45) is 5.53. The number of carbonyl (C=O) groups is 1. The molecular weight excluding hydrogens is 312 g/mol. The van der Waals surface area contributed by atoms with E-state index in [4.69, 9.17) is 0 Å². The topological polar surface area (TPSA) is 58.0 Å². The van der Waals surface area contributed by atoms with Gasteiger partial charge in [-0.3, -0.25) is 0 Å². The standard InChI is InChI=1S/C21H14N2O2/c24-21(25)18-5-3-4-17(20(18)23-12-1-2-13-23)9-7-15-6-8-16-10-11-22-19(16)14-15/h1-6,8,10-14,22H,(H,24,25). The number of carboxylic acids is 1. The zero-order valence-corrected chi connectivity index (χ0v) is 13.2. The second kappa shape index (κ2) is 6.06. The van der Waals surface area contributed by atoms with Crippen molar-refractivity contribution in [2.45, 2.75) is 0 Å². The number of nitrogens with zero attached hydrogens (tertiary/aromatic N) is 1. The van der Waals surface area contributed by atoms with Crippen LogP contribution in [0.15, 0.2) is 73.2 Å². The minimum absolute atomic E-state index is 0.225. The summed E-state index contributed by atoms with van der Waals surface area (Å²) in [6.45, 7) is 0. The number of H-pyrrole nitrogens is 1. The van der Waals surface area contributed by atoms with Gasteiger partial charge in [0.2, 0.25) is 0 Å². The van der Waals surface area contributed by atoms with E-state index < -0.39 is 5.97 Å². The first kappa shape index (κ1) is 14.9. The molecule has 2 N–H and O–H groups in total. The molecule has 4 rings (SSSR count). The van der Waals surface area contributed by atoms with Gasteiger partial charge in [-0.05, 0) is 47.9 Å². The zero-order valence-electron chi connectivity index (χ0n) is 13.2. The van der Waals surface area contributed by atoms with Crippen LogP contribution in [0.1, 0.15) is 21.5 Å². The van der Waals surface area contributed by atoms with Gasteiger partial charge in [0.05, 0.1) is 11.3 Å². The molecule has 0 saturated carbocycles. The quantitative estimate of drug-likeness (QED) is 0.546. The van der Waals surface area contributed by atoms with Crippen molar-refractivity contribution in [1.82, 2.24) is 9.55 Å². The Morgan fingerprint density at radius 2 is 1.84 bits per heavy atom. The Labute approximate surface area is 144 Å². The highest BCUT2D eigenvalue weighted by atomic mass is 16.4. The lowest BCUT2D eigenvalue weighted by atomic mass is 10.1. The molecule has 2 aromatic carbocycles. The Morgan fingerprint density at radius 1 is 1.00 bits per heavy atom. The molecule has 2 aromatic heterocycles. The van der Waals surface area contributed by atoms with Crippen molar-refractivity contribution in [3.8, 4) is 17.5 Å². The van der Waals surface area contributed by atoms with Crippen LogP contribution in [0.25, 0.3) is 16.6 Å². The third-order valence-corrected chi connectivity index (χ3v) is 4.03. The van der Waals surface area contributed by atoms with Crippen molar-refractivity contribution in [3.05, 3.63) is 89.9 Å². The summed E-state index contributed by atoms with van der Waals surface area (Å²) < 4.78 is 1.78. The van der Waals surface area contributed by atoms with E-state index in [2.05, 4.69) is 16.8 Å². The van der Waals surface area contributed by atoms with Crippen molar-refractivity contribution >= 4 is 16.9 Å². The van der Waals surface area contributed by atoms with Gasteiger partial charge in [-0.1, -0.05) is 24.0 Å². The molecule has 0 fully saturated rings. The Hall–Kier alpha value is -3.71. The molecule has 120 valence electrons. The first-order chi connectivity index (χ1) is 12.2. The maximum Gasteiger partial charge on any atom is 0.337 e.